The summed E-state index contributed by atoms with van der Waals surface area (Å²) in [6, 6.07) is 3.71. The molecule has 1 aliphatic carbocycles. The molecule has 19 heavy (non-hydrogen) atoms. The van der Waals surface area contributed by atoms with Crippen molar-refractivity contribution in [2.24, 2.45) is 0 Å². The van der Waals surface area contributed by atoms with Crippen LogP contribution in [0.1, 0.15) is 54.4 Å². The molecular weight excluding hydrogens is 247 g/mol. The summed E-state index contributed by atoms with van der Waals surface area (Å²) in [6.45, 7) is 0.171. The van der Waals surface area contributed by atoms with E-state index < -0.39 is 11.8 Å². The second-order valence-electron chi connectivity index (χ2n) is 5.03. The number of carbonyl (C=O) groups is 1. The Morgan fingerprint density at radius 3 is 2.58 bits per heavy atom. The van der Waals surface area contributed by atoms with Crippen molar-refractivity contribution in [3.05, 3.63) is 35.1 Å². The fourth-order valence-electron chi connectivity index (χ4n) is 2.51. The van der Waals surface area contributed by atoms with Gasteiger partial charge in [-0.1, -0.05) is 25.7 Å². The highest BCUT2D eigenvalue weighted by atomic mass is 19.1. The minimum absolute atomic E-state index is 0.120. The van der Waals surface area contributed by atoms with E-state index >= 15 is 0 Å². The summed E-state index contributed by atoms with van der Waals surface area (Å²) >= 11 is 0. The molecule has 0 saturated heterocycles. The van der Waals surface area contributed by atoms with Crippen molar-refractivity contribution in [3.8, 4) is 0 Å². The Morgan fingerprint density at radius 2 is 1.95 bits per heavy atom. The van der Waals surface area contributed by atoms with Crippen molar-refractivity contribution in [3.63, 3.8) is 0 Å². The normalized spacial score (nSPS) is 17.1. The van der Waals surface area contributed by atoms with Gasteiger partial charge >= 0.3 is 5.97 Å². The molecule has 0 bridgehead atoms. The van der Waals surface area contributed by atoms with Crippen molar-refractivity contribution in [1.29, 1.82) is 0 Å². The van der Waals surface area contributed by atoms with E-state index in [1.807, 2.05) is 0 Å². The van der Waals surface area contributed by atoms with E-state index in [0.29, 0.717) is 5.56 Å². The molecule has 0 heterocycles. The van der Waals surface area contributed by atoms with E-state index in [0.717, 1.165) is 25.7 Å². The molecule has 104 valence electrons. The van der Waals surface area contributed by atoms with Gasteiger partial charge in [0.15, 0.2) is 0 Å². The van der Waals surface area contributed by atoms with Crippen molar-refractivity contribution < 1.29 is 19.0 Å². The minimum atomic E-state index is -1.04. The number of hydrogen-bond donors (Lipinski definition) is 1. The quantitative estimate of drug-likeness (QED) is 0.844. The van der Waals surface area contributed by atoms with Gasteiger partial charge in [0.1, 0.15) is 5.82 Å². The van der Waals surface area contributed by atoms with Gasteiger partial charge in [-0.3, -0.25) is 0 Å². The SMILES string of the molecule is O=C(O)c1ccc(F)cc1COC1CCCCCC1. The van der Waals surface area contributed by atoms with Crippen LogP contribution in [0, 0.1) is 5.82 Å². The summed E-state index contributed by atoms with van der Waals surface area (Å²) in [5, 5.41) is 9.06. The van der Waals surface area contributed by atoms with E-state index in [2.05, 4.69) is 0 Å². The lowest BCUT2D eigenvalue weighted by molar-refractivity contribution is 0.0298. The van der Waals surface area contributed by atoms with Crippen LogP contribution in [0.2, 0.25) is 0 Å². The number of hydrogen-bond acceptors (Lipinski definition) is 2. The summed E-state index contributed by atoms with van der Waals surface area (Å²) in [7, 11) is 0. The number of ether oxygens (including phenoxy) is 1. The van der Waals surface area contributed by atoms with Gasteiger partial charge in [-0.2, -0.15) is 0 Å². The molecule has 0 aromatic heterocycles. The predicted octanol–water partition coefficient (Wildman–Crippen LogP) is 3.76. The highest BCUT2D eigenvalue weighted by molar-refractivity contribution is 5.89. The van der Waals surface area contributed by atoms with Gasteiger partial charge in [0, 0.05) is 0 Å². The average Bonchev–Trinajstić information content (AvgIpc) is 2.64. The molecule has 2 rings (SSSR count). The lowest BCUT2D eigenvalue weighted by atomic mass is 10.1. The third-order valence-corrected chi connectivity index (χ3v) is 3.57. The van der Waals surface area contributed by atoms with Crippen molar-refractivity contribution in [1.82, 2.24) is 0 Å². The average molecular weight is 266 g/mol. The number of aromatic carboxylic acids is 1. The maximum atomic E-state index is 13.2. The number of halogens is 1. The summed E-state index contributed by atoms with van der Waals surface area (Å²) < 4.78 is 19.0. The maximum absolute atomic E-state index is 13.2. The molecule has 3 nitrogen and oxygen atoms in total. The summed E-state index contributed by atoms with van der Waals surface area (Å²) in [5.74, 6) is -1.47. The van der Waals surface area contributed by atoms with Gasteiger partial charge in [-0.05, 0) is 36.6 Å². The molecule has 1 saturated carbocycles. The number of carboxylic acid groups (broad SMARTS) is 1. The standard InChI is InChI=1S/C15H19FO3/c16-12-7-8-14(15(17)18)11(9-12)10-19-13-5-3-1-2-4-6-13/h7-9,13H,1-6,10H2,(H,17,18). The predicted molar refractivity (Wildman–Crippen MR) is 69.6 cm³/mol. The van der Waals surface area contributed by atoms with Crippen LogP contribution in [0.15, 0.2) is 18.2 Å². The van der Waals surface area contributed by atoms with Gasteiger partial charge < -0.3 is 9.84 Å². The Morgan fingerprint density at radius 1 is 1.26 bits per heavy atom. The third kappa shape index (κ3) is 4.03. The van der Waals surface area contributed by atoms with Crippen molar-refractivity contribution >= 4 is 5.97 Å². The van der Waals surface area contributed by atoms with Crippen LogP contribution in [0.25, 0.3) is 0 Å². The number of carboxylic acids is 1. The second-order valence-corrected chi connectivity index (χ2v) is 5.03. The number of benzene rings is 1. The second kappa shape index (κ2) is 6.66. The Kier molecular flexibility index (Phi) is 4.91. The lowest BCUT2D eigenvalue weighted by Gasteiger charge is -2.16. The first-order valence-corrected chi connectivity index (χ1v) is 6.80. The molecule has 1 aromatic carbocycles. The Balaban J connectivity index is 2.01. The van der Waals surface area contributed by atoms with Crippen LogP contribution in [-0.4, -0.2) is 17.2 Å². The first kappa shape index (κ1) is 14.0. The molecule has 0 amide bonds. The van der Waals surface area contributed by atoms with Gasteiger partial charge in [0.05, 0.1) is 18.3 Å². The summed E-state index contributed by atoms with van der Waals surface area (Å²) in [6.07, 6.45) is 6.97. The zero-order valence-corrected chi connectivity index (χ0v) is 10.9. The van der Waals surface area contributed by atoms with E-state index in [4.69, 9.17) is 9.84 Å². The van der Waals surface area contributed by atoms with E-state index in [1.165, 1.54) is 31.0 Å². The molecule has 0 unspecified atom stereocenters. The third-order valence-electron chi connectivity index (χ3n) is 3.57. The fraction of sp³-hybridized carbons (Fsp3) is 0.533. The first-order valence-electron chi connectivity index (χ1n) is 6.80. The Labute approximate surface area is 112 Å². The molecular formula is C15H19FO3. The molecule has 1 N–H and O–H groups in total. The van der Waals surface area contributed by atoms with Crippen LogP contribution in [0.3, 0.4) is 0 Å². The molecule has 1 aliphatic rings. The molecule has 0 radical (unpaired) electrons. The molecule has 1 aromatic rings. The maximum Gasteiger partial charge on any atom is 0.336 e. The van der Waals surface area contributed by atoms with Crippen LogP contribution in [0.4, 0.5) is 4.39 Å². The zero-order chi connectivity index (χ0) is 13.7. The van der Waals surface area contributed by atoms with Gasteiger partial charge in [-0.25, -0.2) is 9.18 Å². The molecule has 0 aliphatic heterocycles. The summed E-state index contributed by atoms with van der Waals surface area (Å²) in [4.78, 5) is 11.1. The Bertz CT molecular complexity index is 437. The highest BCUT2D eigenvalue weighted by Gasteiger charge is 2.15. The molecule has 4 heteroatoms. The van der Waals surface area contributed by atoms with Crippen LogP contribution >= 0.6 is 0 Å². The Hall–Kier alpha value is -1.42. The molecule has 0 atom stereocenters. The van der Waals surface area contributed by atoms with Crippen LogP contribution in [0.5, 0.6) is 0 Å². The van der Waals surface area contributed by atoms with E-state index in [9.17, 15) is 9.18 Å². The highest BCUT2D eigenvalue weighted by Crippen LogP contribution is 2.22. The van der Waals surface area contributed by atoms with Crippen molar-refractivity contribution in [2.75, 3.05) is 0 Å². The zero-order valence-electron chi connectivity index (χ0n) is 10.9. The largest absolute Gasteiger partial charge is 0.478 e. The van der Waals surface area contributed by atoms with Gasteiger partial charge in [-0.15, -0.1) is 0 Å². The molecule has 1 fully saturated rings. The first-order chi connectivity index (χ1) is 9.16. The van der Waals surface area contributed by atoms with Crippen molar-refractivity contribution in [2.45, 2.75) is 51.2 Å². The van der Waals surface area contributed by atoms with Crippen LogP contribution < -0.4 is 0 Å². The topological polar surface area (TPSA) is 46.5 Å². The smallest absolute Gasteiger partial charge is 0.336 e. The number of rotatable bonds is 4. The fourth-order valence-corrected chi connectivity index (χ4v) is 2.51. The van der Waals surface area contributed by atoms with E-state index in [-0.39, 0.29) is 18.3 Å². The van der Waals surface area contributed by atoms with Gasteiger partial charge in [0.25, 0.3) is 0 Å². The van der Waals surface area contributed by atoms with Gasteiger partial charge in [0.2, 0.25) is 0 Å². The van der Waals surface area contributed by atoms with E-state index in [1.54, 1.807) is 0 Å². The monoisotopic (exact) mass is 266 g/mol. The lowest BCUT2D eigenvalue weighted by Crippen LogP contribution is -2.13. The summed E-state index contributed by atoms with van der Waals surface area (Å²) in [5.41, 5.74) is 0.534. The molecule has 0 spiro atoms. The van der Waals surface area contributed by atoms with Crippen LogP contribution in [-0.2, 0) is 11.3 Å². The minimum Gasteiger partial charge on any atom is -0.478 e.